The van der Waals surface area contributed by atoms with Crippen molar-refractivity contribution in [2.24, 2.45) is 5.73 Å². The summed E-state index contributed by atoms with van der Waals surface area (Å²) in [4.78, 5) is 11.6. The zero-order valence-electron chi connectivity index (χ0n) is 14.3. The molecule has 0 fully saturated rings. The van der Waals surface area contributed by atoms with Crippen molar-refractivity contribution >= 4 is 5.97 Å². The lowest BCUT2D eigenvalue weighted by atomic mass is 9.92. The van der Waals surface area contributed by atoms with Crippen LogP contribution in [-0.2, 0) is 9.53 Å². The quantitative estimate of drug-likeness (QED) is 0.307. The lowest BCUT2D eigenvalue weighted by Gasteiger charge is -2.27. The molecule has 0 bridgehead atoms. The van der Waals surface area contributed by atoms with Crippen molar-refractivity contribution in [2.45, 2.75) is 83.3 Å². The van der Waals surface area contributed by atoms with E-state index in [4.69, 9.17) is 10.5 Å². The minimum absolute atomic E-state index is 0.00789. The standard InChI is InChI=1S/C17H31F2NO3/c1-3-23-16(22)17(2,20)14(21)12-10-8-6-4-5-7-9-11-13-15(18)19/h6,8,14-15,21H,3-5,7,9-13,20H2,1-2H3/b8-6+. The molecule has 0 radical (unpaired) electrons. The molecule has 0 rings (SSSR count). The summed E-state index contributed by atoms with van der Waals surface area (Å²) in [6, 6.07) is 0. The number of nitrogens with two attached hydrogens (primary N) is 1. The fourth-order valence-electron chi connectivity index (χ4n) is 2.13. The summed E-state index contributed by atoms with van der Waals surface area (Å²) in [6.07, 6.45) is 6.04. The first-order chi connectivity index (χ1) is 10.8. The maximum atomic E-state index is 11.9. The molecule has 0 aliphatic carbocycles. The number of unbranched alkanes of at least 4 members (excludes halogenated alkanes) is 4. The van der Waals surface area contributed by atoms with Crippen LogP contribution in [0.4, 0.5) is 8.78 Å². The Kier molecular flexibility index (Phi) is 11.9. The first-order valence-electron chi connectivity index (χ1n) is 8.39. The SMILES string of the molecule is CCOC(=O)C(C)(N)C(O)CC/C=C/CCCCCCC(F)F. The van der Waals surface area contributed by atoms with Crippen LogP contribution in [0.15, 0.2) is 12.2 Å². The monoisotopic (exact) mass is 335 g/mol. The normalized spacial score (nSPS) is 15.8. The molecule has 23 heavy (non-hydrogen) atoms. The third kappa shape index (κ3) is 10.4. The molecule has 0 saturated heterocycles. The highest BCUT2D eigenvalue weighted by Crippen LogP contribution is 2.15. The summed E-state index contributed by atoms with van der Waals surface area (Å²) in [7, 11) is 0. The zero-order valence-corrected chi connectivity index (χ0v) is 14.3. The lowest BCUT2D eigenvalue weighted by Crippen LogP contribution is -2.55. The first-order valence-corrected chi connectivity index (χ1v) is 8.39. The molecular weight excluding hydrogens is 304 g/mol. The first kappa shape index (κ1) is 22.0. The van der Waals surface area contributed by atoms with Gasteiger partial charge in [0.1, 0.15) is 5.54 Å². The number of allylic oxidation sites excluding steroid dienone is 2. The van der Waals surface area contributed by atoms with E-state index < -0.39 is 24.0 Å². The van der Waals surface area contributed by atoms with Gasteiger partial charge in [0.15, 0.2) is 0 Å². The summed E-state index contributed by atoms with van der Waals surface area (Å²) in [6.45, 7) is 3.39. The molecule has 2 atom stereocenters. The van der Waals surface area contributed by atoms with E-state index in [1.165, 1.54) is 6.92 Å². The molecule has 3 N–H and O–H groups in total. The van der Waals surface area contributed by atoms with Gasteiger partial charge in [0, 0.05) is 6.42 Å². The Morgan fingerprint density at radius 3 is 2.39 bits per heavy atom. The fourth-order valence-corrected chi connectivity index (χ4v) is 2.13. The van der Waals surface area contributed by atoms with E-state index in [9.17, 15) is 18.7 Å². The highest BCUT2D eigenvalue weighted by atomic mass is 19.3. The third-order valence-corrected chi connectivity index (χ3v) is 3.72. The Balaban J connectivity index is 3.74. The van der Waals surface area contributed by atoms with Crippen molar-refractivity contribution in [3.63, 3.8) is 0 Å². The second kappa shape index (κ2) is 12.4. The molecule has 0 amide bonds. The van der Waals surface area contributed by atoms with Gasteiger partial charge in [-0.15, -0.1) is 0 Å². The Bertz CT molecular complexity index is 347. The van der Waals surface area contributed by atoms with E-state index in [0.717, 1.165) is 25.7 Å². The predicted octanol–water partition coefficient (Wildman–Crippen LogP) is 3.57. The molecule has 0 aliphatic heterocycles. The van der Waals surface area contributed by atoms with Crippen LogP contribution in [-0.4, -0.2) is 35.8 Å². The number of esters is 1. The second-order valence-corrected chi connectivity index (χ2v) is 5.95. The molecule has 0 aromatic rings. The van der Waals surface area contributed by atoms with E-state index in [2.05, 4.69) is 0 Å². The molecule has 0 aromatic heterocycles. The van der Waals surface area contributed by atoms with Gasteiger partial charge in [0.2, 0.25) is 6.43 Å². The van der Waals surface area contributed by atoms with Gasteiger partial charge in [-0.1, -0.05) is 25.0 Å². The Morgan fingerprint density at radius 1 is 1.17 bits per heavy atom. The van der Waals surface area contributed by atoms with Crippen LogP contribution in [0.25, 0.3) is 0 Å². The Hall–Kier alpha value is -1.01. The zero-order chi connectivity index (χ0) is 17.7. The molecule has 136 valence electrons. The number of carbonyl (C=O) groups is 1. The molecule has 0 heterocycles. The molecule has 2 unspecified atom stereocenters. The van der Waals surface area contributed by atoms with Gasteiger partial charge in [-0.25, -0.2) is 13.6 Å². The average molecular weight is 335 g/mol. The van der Waals surface area contributed by atoms with E-state index in [1.54, 1.807) is 6.92 Å². The van der Waals surface area contributed by atoms with Crippen LogP contribution >= 0.6 is 0 Å². The Labute approximate surface area is 138 Å². The van der Waals surface area contributed by atoms with E-state index in [-0.39, 0.29) is 13.0 Å². The number of rotatable bonds is 13. The minimum Gasteiger partial charge on any atom is -0.465 e. The van der Waals surface area contributed by atoms with Crippen LogP contribution in [0.5, 0.6) is 0 Å². The van der Waals surface area contributed by atoms with E-state index in [1.807, 2.05) is 12.2 Å². The number of aliphatic hydroxyl groups excluding tert-OH is 1. The average Bonchev–Trinajstić information content (AvgIpc) is 2.48. The summed E-state index contributed by atoms with van der Waals surface area (Å²) in [5, 5.41) is 10.00. The third-order valence-electron chi connectivity index (χ3n) is 3.72. The molecule has 4 nitrogen and oxygen atoms in total. The van der Waals surface area contributed by atoms with Gasteiger partial charge in [-0.3, -0.25) is 0 Å². The summed E-state index contributed by atoms with van der Waals surface area (Å²) >= 11 is 0. The van der Waals surface area contributed by atoms with Crippen molar-refractivity contribution in [3.8, 4) is 0 Å². The lowest BCUT2D eigenvalue weighted by molar-refractivity contribution is -0.153. The highest BCUT2D eigenvalue weighted by Gasteiger charge is 2.37. The molecular formula is C17H31F2NO3. The number of hydrogen-bond donors (Lipinski definition) is 2. The number of aliphatic hydroxyl groups is 1. The van der Waals surface area contributed by atoms with Crippen molar-refractivity contribution < 1.29 is 23.4 Å². The van der Waals surface area contributed by atoms with Gasteiger partial charge >= 0.3 is 5.97 Å². The molecule has 0 aliphatic rings. The van der Waals surface area contributed by atoms with E-state index in [0.29, 0.717) is 19.3 Å². The summed E-state index contributed by atoms with van der Waals surface area (Å²) in [5.74, 6) is -0.597. The smallest absolute Gasteiger partial charge is 0.328 e. The van der Waals surface area contributed by atoms with Crippen molar-refractivity contribution in [2.75, 3.05) is 6.61 Å². The maximum absolute atomic E-state index is 11.9. The van der Waals surface area contributed by atoms with E-state index >= 15 is 0 Å². The van der Waals surface area contributed by atoms with Crippen LogP contribution in [0.3, 0.4) is 0 Å². The summed E-state index contributed by atoms with van der Waals surface area (Å²) in [5.41, 5.74) is 4.42. The molecule has 0 spiro atoms. The number of halogens is 2. The van der Waals surface area contributed by atoms with Gasteiger partial charge in [-0.2, -0.15) is 0 Å². The maximum Gasteiger partial charge on any atom is 0.328 e. The van der Waals surface area contributed by atoms with Gasteiger partial charge in [-0.05, 0) is 46.0 Å². The van der Waals surface area contributed by atoms with Crippen molar-refractivity contribution in [3.05, 3.63) is 12.2 Å². The highest BCUT2D eigenvalue weighted by molar-refractivity contribution is 5.80. The molecule has 6 heteroatoms. The molecule has 0 saturated carbocycles. The number of carbonyl (C=O) groups excluding carboxylic acids is 1. The van der Waals surface area contributed by atoms with Crippen LogP contribution in [0.1, 0.15) is 65.2 Å². The number of alkyl halides is 2. The predicted molar refractivity (Wildman–Crippen MR) is 87.3 cm³/mol. The topological polar surface area (TPSA) is 72.5 Å². The fraction of sp³-hybridized carbons (Fsp3) is 0.824. The second-order valence-electron chi connectivity index (χ2n) is 5.95. The van der Waals surface area contributed by atoms with Gasteiger partial charge in [0.25, 0.3) is 0 Å². The van der Waals surface area contributed by atoms with Crippen molar-refractivity contribution in [1.29, 1.82) is 0 Å². The minimum atomic E-state index is -2.19. The van der Waals surface area contributed by atoms with Crippen molar-refractivity contribution in [1.82, 2.24) is 0 Å². The molecule has 0 aromatic carbocycles. The number of ether oxygens (including phenoxy) is 1. The van der Waals surface area contributed by atoms with Crippen LogP contribution in [0.2, 0.25) is 0 Å². The Morgan fingerprint density at radius 2 is 1.78 bits per heavy atom. The van der Waals surface area contributed by atoms with Gasteiger partial charge in [0.05, 0.1) is 12.7 Å². The number of hydrogen-bond acceptors (Lipinski definition) is 4. The summed E-state index contributed by atoms with van der Waals surface area (Å²) < 4.78 is 28.7. The van der Waals surface area contributed by atoms with Crippen LogP contribution in [0, 0.1) is 0 Å². The van der Waals surface area contributed by atoms with Gasteiger partial charge < -0.3 is 15.6 Å². The largest absolute Gasteiger partial charge is 0.465 e. The van der Waals surface area contributed by atoms with Crippen LogP contribution < -0.4 is 5.73 Å².